The van der Waals surface area contributed by atoms with Crippen LogP contribution in [0.1, 0.15) is 16.1 Å². The molecule has 4 rings (SSSR count). The first-order valence-electron chi connectivity index (χ1n) is 11.1. The van der Waals surface area contributed by atoms with Crippen molar-refractivity contribution >= 4 is 46.5 Å². The summed E-state index contributed by atoms with van der Waals surface area (Å²) < 4.78 is 1.62. The number of nitrogens with zero attached hydrogens (tertiary/aromatic N) is 5. The number of amides is 1. The van der Waals surface area contributed by atoms with Gasteiger partial charge in [0.05, 0.1) is 35.5 Å². The Balaban J connectivity index is 1.61. The highest BCUT2D eigenvalue weighted by atomic mass is 35.5. The zero-order chi connectivity index (χ0) is 26.4. The molecule has 13 heteroatoms. The number of imidazole rings is 1. The van der Waals surface area contributed by atoms with Crippen molar-refractivity contribution in [2.45, 2.75) is 6.04 Å². The molecule has 190 valence electrons. The minimum atomic E-state index is -0.807. The van der Waals surface area contributed by atoms with E-state index in [0.717, 1.165) is 0 Å². The predicted octanol–water partition coefficient (Wildman–Crippen LogP) is 2.58. The lowest BCUT2D eigenvalue weighted by molar-refractivity contribution is 0.0875. The summed E-state index contributed by atoms with van der Waals surface area (Å²) in [5.41, 5.74) is 2.12. The van der Waals surface area contributed by atoms with Crippen LogP contribution in [0.2, 0.25) is 10.0 Å². The zero-order valence-electron chi connectivity index (χ0n) is 19.3. The predicted molar refractivity (Wildman–Crippen MR) is 140 cm³/mol. The second-order valence-electron chi connectivity index (χ2n) is 7.88. The van der Waals surface area contributed by atoms with Crippen LogP contribution < -0.4 is 16.0 Å². The van der Waals surface area contributed by atoms with Gasteiger partial charge in [-0.2, -0.15) is 5.26 Å². The Kier molecular flexibility index (Phi) is 8.37. The molecule has 0 radical (unpaired) electrons. The molecule has 0 aliphatic carbocycles. The number of nitrogens with one attached hydrogen (secondary N) is 3. The van der Waals surface area contributed by atoms with E-state index in [0.29, 0.717) is 57.4 Å². The first-order chi connectivity index (χ1) is 17.9. The van der Waals surface area contributed by atoms with Crippen LogP contribution in [0, 0.1) is 11.3 Å². The summed E-state index contributed by atoms with van der Waals surface area (Å²) in [6, 6.07) is 11.3. The van der Waals surface area contributed by atoms with Gasteiger partial charge < -0.3 is 26.2 Å². The van der Waals surface area contributed by atoms with Crippen LogP contribution in [0.15, 0.2) is 48.8 Å². The highest BCUT2D eigenvalue weighted by Gasteiger charge is 2.18. The topological polar surface area (TPSA) is 160 Å². The van der Waals surface area contributed by atoms with E-state index in [-0.39, 0.29) is 5.69 Å². The molecule has 0 spiro atoms. The Labute approximate surface area is 221 Å². The average Bonchev–Trinajstić information content (AvgIpc) is 3.34. The molecular formula is C24H22Cl2N8O3. The zero-order valence-corrected chi connectivity index (χ0v) is 20.8. The summed E-state index contributed by atoms with van der Waals surface area (Å²) in [5.74, 6) is 0.465. The number of carbonyl (C=O) groups excluding carboxylic acids is 1. The molecule has 37 heavy (non-hydrogen) atoms. The molecule has 0 atom stereocenters. The third kappa shape index (κ3) is 6.25. The second-order valence-corrected chi connectivity index (χ2v) is 8.72. The normalized spacial score (nSPS) is 10.9. The number of pyridine rings is 1. The highest BCUT2D eigenvalue weighted by molar-refractivity contribution is 6.36. The Morgan fingerprint density at radius 1 is 1.08 bits per heavy atom. The Hall–Kier alpha value is -3.95. The maximum atomic E-state index is 12.6. The van der Waals surface area contributed by atoms with Gasteiger partial charge in [-0.05, 0) is 30.3 Å². The van der Waals surface area contributed by atoms with Crippen molar-refractivity contribution in [1.82, 2.24) is 24.7 Å². The summed E-state index contributed by atoms with van der Waals surface area (Å²) in [4.78, 5) is 25.9. The van der Waals surface area contributed by atoms with Crippen LogP contribution >= 0.6 is 23.2 Å². The summed E-state index contributed by atoms with van der Waals surface area (Å²) >= 11 is 12.5. The summed E-state index contributed by atoms with van der Waals surface area (Å²) in [6.45, 7) is 0.0810. The molecule has 3 heterocycles. The van der Waals surface area contributed by atoms with E-state index in [9.17, 15) is 15.0 Å². The van der Waals surface area contributed by atoms with Gasteiger partial charge >= 0.3 is 0 Å². The number of rotatable bonds is 10. The number of hydrogen-bond donors (Lipinski definition) is 5. The molecule has 11 nitrogen and oxygen atoms in total. The number of aliphatic hydroxyl groups is 2. The third-order valence-electron chi connectivity index (χ3n) is 5.28. The number of halogens is 2. The van der Waals surface area contributed by atoms with Gasteiger partial charge in [0.1, 0.15) is 23.2 Å². The minimum Gasteiger partial charge on any atom is -0.394 e. The molecule has 5 N–H and O–H groups in total. The van der Waals surface area contributed by atoms with Gasteiger partial charge in [-0.15, -0.1) is 0 Å². The van der Waals surface area contributed by atoms with E-state index in [1.165, 1.54) is 12.4 Å². The SMILES string of the molecule is N#Cc1ccc(NCCNc2nc(-c3ccc(Cl)cc3Cl)cc3nc(C(=O)NC(CO)CO)cn23)nc1. The van der Waals surface area contributed by atoms with Gasteiger partial charge in [-0.25, -0.2) is 15.0 Å². The van der Waals surface area contributed by atoms with Crippen LogP contribution in [0.3, 0.4) is 0 Å². The largest absolute Gasteiger partial charge is 0.394 e. The fourth-order valence-corrected chi connectivity index (χ4v) is 3.90. The van der Waals surface area contributed by atoms with Crippen molar-refractivity contribution in [2.24, 2.45) is 0 Å². The first kappa shape index (κ1) is 26.1. The van der Waals surface area contributed by atoms with Crippen LogP contribution in [-0.2, 0) is 0 Å². The van der Waals surface area contributed by atoms with Crippen molar-refractivity contribution in [3.8, 4) is 17.3 Å². The van der Waals surface area contributed by atoms with Crippen molar-refractivity contribution in [3.63, 3.8) is 0 Å². The van der Waals surface area contributed by atoms with Gasteiger partial charge in [0.25, 0.3) is 5.91 Å². The molecule has 3 aromatic heterocycles. The molecule has 1 amide bonds. The van der Waals surface area contributed by atoms with E-state index in [1.807, 2.05) is 6.07 Å². The molecule has 1 aromatic carbocycles. The average molecular weight is 541 g/mol. The molecule has 0 fully saturated rings. The van der Waals surface area contributed by atoms with E-state index in [4.69, 9.17) is 28.5 Å². The summed E-state index contributed by atoms with van der Waals surface area (Å²) in [7, 11) is 0. The Morgan fingerprint density at radius 2 is 1.86 bits per heavy atom. The number of anilines is 2. The fourth-order valence-electron chi connectivity index (χ4n) is 3.40. The molecular weight excluding hydrogens is 519 g/mol. The van der Waals surface area contributed by atoms with E-state index >= 15 is 0 Å². The van der Waals surface area contributed by atoms with E-state index in [1.54, 1.807) is 40.8 Å². The Morgan fingerprint density at radius 3 is 2.54 bits per heavy atom. The maximum Gasteiger partial charge on any atom is 0.271 e. The van der Waals surface area contributed by atoms with Crippen LogP contribution in [0.25, 0.3) is 16.9 Å². The maximum absolute atomic E-state index is 12.6. The van der Waals surface area contributed by atoms with E-state index < -0.39 is 25.2 Å². The lowest BCUT2D eigenvalue weighted by Gasteiger charge is -2.12. The highest BCUT2D eigenvalue weighted by Crippen LogP contribution is 2.31. The molecule has 0 bridgehead atoms. The molecule has 0 aliphatic rings. The summed E-state index contributed by atoms with van der Waals surface area (Å²) in [5, 5.41) is 37.2. The number of aliphatic hydroxyl groups excluding tert-OH is 2. The quantitative estimate of drug-likeness (QED) is 0.190. The van der Waals surface area contributed by atoms with Crippen molar-refractivity contribution in [3.05, 3.63) is 70.1 Å². The van der Waals surface area contributed by atoms with Crippen LogP contribution in [0.4, 0.5) is 11.8 Å². The number of fused-ring (bicyclic) bond motifs is 1. The Bertz CT molecular complexity index is 1450. The van der Waals surface area contributed by atoms with Crippen LogP contribution in [0.5, 0.6) is 0 Å². The first-order valence-corrected chi connectivity index (χ1v) is 11.9. The van der Waals surface area contributed by atoms with Crippen molar-refractivity contribution in [2.75, 3.05) is 36.9 Å². The van der Waals surface area contributed by atoms with Crippen LogP contribution in [-0.4, -0.2) is 67.8 Å². The van der Waals surface area contributed by atoms with E-state index in [2.05, 4.69) is 30.9 Å². The minimum absolute atomic E-state index is 0.0796. The van der Waals surface area contributed by atoms with Gasteiger partial charge in [0.2, 0.25) is 5.95 Å². The lowest BCUT2D eigenvalue weighted by Crippen LogP contribution is -2.40. The monoisotopic (exact) mass is 540 g/mol. The second kappa shape index (κ2) is 11.9. The standard InChI is InChI=1S/C24H22Cl2N8O3/c25-15-2-3-17(18(26)7-15)19-8-22-32-20(23(37)31-16(12-35)13-36)11-34(22)24(33-19)29-6-5-28-21-4-1-14(9-27)10-30-21/h1-4,7-8,10-11,16,35-36H,5-6,12-13H2,(H,28,30)(H,29,33)(H,31,37). The molecule has 0 saturated heterocycles. The fraction of sp³-hybridized carbons (Fsp3) is 0.208. The molecule has 4 aromatic rings. The number of hydrogen-bond acceptors (Lipinski definition) is 9. The van der Waals surface area contributed by atoms with Crippen molar-refractivity contribution in [1.29, 1.82) is 5.26 Å². The van der Waals surface area contributed by atoms with Crippen molar-refractivity contribution < 1.29 is 15.0 Å². The summed E-state index contributed by atoms with van der Waals surface area (Å²) in [6.07, 6.45) is 2.99. The van der Waals surface area contributed by atoms with Gasteiger partial charge in [-0.1, -0.05) is 23.2 Å². The third-order valence-corrected chi connectivity index (χ3v) is 5.82. The number of carbonyl (C=O) groups is 1. The lowest BCUT2D eigenvalue weighted by atomic mass is 10.1. The number of nitriles is 1. The number of benzene rings is 1. The molecule has 0 unspecified atom stereocenters. The smallest absolute Gasteiger partial charge is 0.271 e. The molecule has 0 saturated carbocycles. The van der Waals surface area contributed by atoms with Gasteiger partial charge in [0, 0.05) is 42.1 Å². The number of aromatic nitrogens is 4. The van der Waals surface area contributed by atoms with Gasteiger partial charge in [0.15, 0.2) is 0 Å². The van der Waals surface area contributed by atoms with Gasteiger partial charge in [-0.3, -0.25) is 9.20 Å². The molecule has 0 aliphatic heterocycles.